The van der Waals surface area contributed by atoms with Crippen molar-refractivity contribution < 1.29 is 4.92 Å². The summed E-state index contributed by atoms with van der Waals surface area (Å²) in [5.41, 5.74) is 1.17. The van der Waals surface area contributed by atoms with Crippen LogP contribution in [0.25, 0.3) is 0 Å². The highest BCUT2D eigenvalue weighted by atomic mass is 79.9. The van der Waals surface area contributed by atoms with Gasteiger partial charge in [-0.2, -0.15) is 0 Å². The average Bonchev–Trinajstić information content (AvgIpc) is 2.80. The van der Waals surface area contributed by atoms with Gasteiger partial charge in [0.2, 0.25) is 0 Å². The maximum absolute atomic E-state index is 11.0. The first-order valence-electron chi connectivity index (χ1n) is 5.45. The maximum Gasteiger partial charge on any atom is 0.275 e. The summed E-state index contributed by atoms with van der Waals surface area (Å²) in [6.45, 7) is 2.13. The Labute approximate surface area is 122 Å². The van der Waals surface area contributed by atoms with Crippen LogP contribution in [0.4, 0.5) is 5.69 Å². The monoisotopic (exact) mass is 344 g/mol. The fourth-order valence-corrected chi connectivity index (χ4v) is 2.05. The van der Waals surface area contributed by atoms with E-state index in [-0.39, 0.29) is 17.1 Å². The Balaban J connectivity index is 2.34. The van der Waals surface area contributed by atoms with Crippen molar-refractivity contribution >= 4 is 33.2 Å². The molecule has 0 saturated heterocycles. The fraction of sp³-hybridized carbons (Fsp3) is 0.273. The van der Waals surface area contributed by atoms with E-state index < -0.39 is 4.92 Å². The third-order valence-corrected chi connectivity index (χ3v) is 3.40. The molecule has 0 bridgehead atoms. The number of benzene rings is 1. The molecule has 0 radical (unpaired) electrons. The van der Waals surface area contributed by atoms with Crippen LogP contribution in [-0.4, -0.2) is 19.9 Å². The van der Waals surface area contributed by atoms with E-state index in [1.54, 1.807) is 18.3 Å². The van der Waals surface area contributed by atoms with Gasteiger partial charge >= 0.3 is 0 Å². The van der Waals surface area contributed by atoms with Crippen LogP contribution in [0, 0.1) is 10.1 Å². The number of hydrogen-bond donors (Lipinski definition) is 0. The largest absolute Gasteiger partial charge is 0.275 e. The molecular weight excluding hydrogens is 336 g/mol. The minimum absolute atomic E-state index is 0.0172. The van der Waals surface area contributed by atoms with Crippen molar-refractivity contribution in [2.24, 2.45) is 0 Å². The number of nitro groups is 1. The zero-order valence-electron chi connectivity index (χ0n) is 9.96. The number of aromatic nitrogens is 3. The predicted octanol–water partition coefficient (Wildman–Crippen LogP) is 3.34. The summed E-state index contributed by atoms with van der Waals surface area (Å²) in [7, 11) is 0. The summed E-state index contributed by atoms with van der Waals surface area (Å²) in [4.78, 5) is 10.6. The lowest BCUT2D eigenvalue weighted by molar-refractivity contribution is -0.385. The number of halogens is 2. The van der Waals surface area contributed by atoms with Gasteiger partial charge in [-0.15, -0.1) is 5.10 Å². The first-order chi connectivity index (χ1) is 8.99. The second-order valence-electron chi connectivity index (χ2n) is 3.95. The standard InChI is InChI=1S/C11H10BrClN4O2/c1-7(12)10-6-16(15-14-10)5-8-9(13)3-2-4-11(8)17(18)19/h2-4,6-7H,5H2,1H3. The van der Waals surface area contributed by atoms with Crippen LogP contribution in [0.5, 0.6) is 0 Å². The highest BCUT2D eigenvalue weighted by Crippen LogP contribution is 2.27. The van der Waals surface area contributed by atoms with Gasteiger partial charge in [0.1, 0.15) is 0 Å². The fourth-order valence-electron chi connectivity index (χ4n) is 1.61. The third-order valence-electron chi connectivity index (χ3n) is 2.57. The molecule has 0 aliphatic heterocycles. The number of nitro benzene ring substituents is 1. The molecule has 6 nitrogen and oxygen atoms in total. The minimum atomic E-state index is -0.452. The van der Waals surface area contributed by atoms with Gasteiger partial charge in [0.25, 0.3) is 5.69 Å². The molecule has 1 aromatic heterocycles. The van der Waals surface area contributed by atoms with Gasteiger partial charge in [-0.25, -0.2) is 4.68 Å². The Morgan fingerprint density at radius 1 is 1.58 bits per heavy atom. The summed E-state index contributed by atoms with van der Waals surface area (Å²) in [6.07, 6.45) is 1.73. The molecule has 19 heavy (non-hydrogen) atoms. The number of hydrogen-bond acceptors (Lipinski definition) is 4. The molecule has 0 spiro atoms. The zero-order valence-corrected chi connectivity index (χ0v) is 12.3. The van der Waals surface area contributed by atoms with Crippen molar-refractivity contribution in [3.63, 3.8) is 0 Å². The Hall–Kier alpha value is -1.47. The van der Waals surface area contributed by atoms with Crippen LogP contribution in [-0.2, 0) is 6.54 Å². The van der Waals surface area contributed by atoms with Crippen LogP contribution in [0.1, 0.15) is 23.0 Å². The molecule has 8 heteroatoms. The van der Waals surface area contributed by atoms with Gasteiger partial charge in [-0.1, -0.05) is 38.8 Å². The second-order valence-corrected chi connectivity index (χ2v) is 5.73. The maximum atomic E-state index is 11.0. The quantitative estimate of drug-likeness (QED) is 0.484. The average molecular weight is 346 g/mol. The molecule has 1 unspecified atom stereocenters. The first-order valence-corrected chi connectivity index (χ1v) is 6.74. The molecule has 1 aromatic carbocycles. The van der Waals surface area contributed by atoms with Crippen LogP contribution in [0.15, 0.2) is 24.4 Å². The van der Waals surface area contributed by atoms with Gasteiger partial charge in [-0.05, 0) is 13.0 Å². The van der Waals surface area contributed by atoms with Crippen molar-refractivity contribution in [1.82, 2.24) is 15.0 Å². The molecule has 0 N–H and O–H groups in total. The van der Waals surface area contributed by atoms with E-state index in [2.05, 4.69) is 26.2 Å². The van der Waals surface area contributed by atoms with Crippen LogP contribution in [0.2, 0.25) is 5.02 Å². The van der Waals surface area contributed by atoms with Crippen molar-refractivity contribution in [2.75, 3.05) is 0 Å². The topological polar surface area (TPSA) is 73.8 Å². The summed E-state index contributed by atoms with van der Waals surface area (Å²) >= 11 is 9.40. The molecule has 1 heterocycles. The molecule has 0 fully saturated rings. The lowest BCUT2D eigenvalue weighted by Gasteiger charge is -2.04. The van der Waals surface area contributed by atoms with Gasteiger partial charge in [-0.3, -0.25) is 10.1 Å². The van der Waals surface area contributed by atoms with Gasteiger partial charge in [0.15, 0.2) is 0 Å². The Morgan fingerprint density at radius 2 is 2.32 bits per heavy atom. The lowest BCUT2D eigenvalue weighted by Crippen LogP contribution is -2.04. The predicted molar refractivity (Wildman–Crippen MR) is 74.6 cm³/mol. The van der Waals surface area contributed by atoms with Crippen molar-refractivity contribution in [2.45, 2.75) is 18.3 Å². The highest BCUT2D eigenvalue weighted by molar-refractivity contribution is 9.09. The Bertz CT molecular complexity index is 614. The number of nitrogens with zero attached hydrogens (tertiary/aromatic N) is 4. The van der Waals surface area contributed by atoms with E-state index in [4.69, 9.17) is 11.6 Å². The number of alkyl halides is 1. The molecular formula is C11H10BrClN4O2. The van der Waals surface area contributed by atoms with Crippen LogP contribution in [0.3, 0.4) is 0 Å². The third kappa shape index (κ3) is 3.10. The van der Waals surface area contributed by atoms with Crippen LogP contribution < -0.4 is 0 Å². The normalized spacial score (nSPS) is 12.4. The van der Waals surface area contributed by atoms with E-state index in [1.165, 1.54) is 10.7 Å². The highest BCUT2D eigenvalue weighted by Gasteiger charge is 2.18. The van der Waals surface area contributed by atoms with Crippen molar-refractivity contribution in [3.05, 3.63) is 50.8 Å². The Kier molecular flexibility index (Phi) is 4.16. The van der Waals surface area contributed by atoms with Gasteiger partial charge in [0.05, 0.1) is 32.6 Å². The van der Waals surface area contributed by atoms with Crippen molar-refractivity contribution in [1.29, 1.82) is 0 Å². The first kappa shape index (κ1) is 14.0. The lowest BCUT2D eigenvalue weighted by atomic mass is 10.2. The summed E-state index contributed by atoms with van der Waals surface area (Å²) in [5.74, 6) is 0. The van der Waals surface area contributed by atoms with E-state index >= 15 is 0 Å². The second kappa shape index (κ2) is 5.66. The van der Waals surface area contributed by atoms with Crippen LogP contribution >= 0.6 is 27.5 Å². The zero-order chi connectivity index (χ0) is 14.0. The molecule has 100 valence electrons. The SMILES string of the molecule is CC(Br)c1cn(Cc2c(Cl)cccc2[N+](=O)[O-])nn1. The van der Waals surface area contributed by atoms with Gasteiger partial charge < -0.3 is 0 Å². The molecule has 2 aromatic rings. The van der Waals surface area contributed by atoms with Crippen molar-refractivity contribution in [3.8, 4) is 0 Å². The summed E-state index contributed by atoms with van der Waals surface area (Å²) in [5, 5.41) is 19.2. The molecule has 0 saturated carbocycles. The van der Waals surface area contributed by atoms with Gasteiger partial charge in [0, 0.05) is 12.3 Å². The summed E-state index contributed by atoms with van der Waals surface area (Å²) < 4.78 is 1.53. The molecule has 2 rings (SSSR count). The van der Waals surface area contributed by atoms with E-state index in [0.717, 1.165) is 5.69 Å². The Morgan fingerprint density at radius 3 is 2.89 bits per heavy atom. The van der Waals surface area contributed by atoms with E-state index in [9.17, 15) is 10.1 Å². The minimum Gasteiger partial charge on any atom is -0.258 e. The molecule has 1 atom stereocenters. The number of rotatable bonds is 4. The summed E-state index contributed by atoms with van der Waals surface area (Å²) in [6, 6.07) is 4.60. The van der Waals surface area contributed by atoms with E-state index in [0.29, 0.717) is 10.6 Å². The smallest absolute Gasteiger partial charge is 0.258 e. The molecule has 0 aliphatic carbocycles. The molecule has 0 amide bonds. The molecule has 0 aliphatic rings. The van der Waals surface area contributed by atoms with E-state index in [1.807, 2.05) is 6.92 Å².